The largest absolute Gasteiger partial charge is 0.507 e. The molecule has 0 spiro atoms. The van der Waals surface area contributed by atoms with Crippen LogP contribution in [0.2, 0.25) is 0 Å². The fourth-order valence-electron chi connectivity index (χ4n) is 5.24. The first kappa shape index (κ1) is 22.3. The van der Waals surface area contributed by atoms with Crippen molar-refractivity contribution in [3.63, 3.8) is 0 Å². The number of phenolic OH excluding ortho intramolecular Hbond substituents is 1. The summed E-state index contributed by atoms with van der Waals surface area (Å²) in [5.74, 6) is 0.547. The lowest BCUT2D eigenvalue weighted by Gasteiger charge is -2.40. The smallest absolute Gasteiger partial charge is 0.243 e. The van der Waals surface area contributed by atoms with E-state index in [2.05, 4.69) is 0 Å². The number of aryl methyl sites for hydroxylation is 1. The molecule has 6 nitrogen and oxygen atoms in total. The quantitative estimate of drug-likeness (QED) is 0.608. The highest BCUT2D eigenvalue weighted by Crippen LogP contribution is 2.40. The van der Waals surface area contributed by atoms with Crippen LogP contribution in [-0.4, -0.2) is 43.6 Å². The van der Waals surface area contributed by atoms with E-state index in [1.54, 1.807) is 16.4 Å². The number of fused-ring (bicyclic) bond motifs is 2. The summed E-state index contributed by atoms with van der Waals surface area (Å²) in [6, 6.07) is 17.0. The van der Waals surface area contributed by atoms with Gasteiger partial charge in [0, 0.05) is 31.6 Å². The first-order chi connectivity index (χ1) is 15.9. The highest BCUT2D eigenvalue weighted by Gasteiger charge is 2.37. The Bertz CT molecular complexity index is 1280. The van der Waals surface area contributed by atoms with Crippen LogP contribution in [0.15, 0.2) is 59.5 Å². The summed E-state index contributed by atoms with van der Waals surface area (Å²) in [7, 11) is -3.55. The number of aromatic hydroxyl groups is 1. The van der Waals surface area contributed by atoms with Gasteiger partial charge >= 0.3 is 0 Å². The van der Waals surface area contributed by atoms with E-state index in [0.717, 1.165) is 40.3 Å². The Morgan fingerprint density at radius 1 is 1.06 bits per heavy atom. The first-order valence-electron chi connectivity index (χ1n) is 11.5. The summed E-state index contributed by atoms with van der Waals surface area (Å²) in [6.45, 7) is 3.16. The lowest BCUT2D eigenvalue weighted by Crippen LogP contribution is -2.44. The Morgan fingerprint density at radius 2 is 1.79 bits per heavy atom. The molecule has 0 amide bonds. The second-order valence-corrected chi connectivity index (χ2v) is 11.1. The van der Waals surface area contributed by atoms with Crippen LogP contribution in [0, 0.1) is 12.8 Å². The molecule has 174 valence electrons. The second kappa shape index (κ2) is 8.72. The molecule has 0 unspecified atom stereocenters. The van der Waals surface area contributed by atoms with Crippen molar-refractivity contribution in [2.45, 2.75) is 43.3 Å². The van der Waals surface area contributed by atoms with Gasteiger partial charge in [0.05, 0.1) is 17.1 Å². The predicted molar refractivity (Wildman–Crippen MR) is 129 cm³/mol. The fourth-order valence-corrected chi connectivity index (χ4v) is 6.75. The number of rotatable bonds is 4. The highest BCUT2D eigenvalue weighted by atomic mass is 32.2. The van der Waals surface area contributed by atoms with Crippen molar-refractivity contribution < 1.29 is 18.3 Å². The molecular formula is C26H30N2O4S. The van der Waals surface area contributed by atoms with E-state index in [9.17, 15) is 13.5 Å². The van der Waals surface area contributed by atoms with Gasteiger partial charge in [-0.15, -0.1) is 0 Å². The molecule has 5 rings (SSSR count). The van der Waals surface area contributed by atoms with Gasteiger partial charge in [-0.25, -0.2) is 8.42 Å². The van der Waals surface area contributed by atoms with Gasteiger partial charge in [-0.1, -0.05) is 42.5 Å². The maximum atomic E-state index is 13.3. The molecule has 0 bridgehead atoms. The van der Waals surface area contributed by atoms with Crippen LogP contribution < -0.4 is 5.73 Å². The number of hydrogen-bond acceptors (Lipinski definition) is 5. The zero-order chi connectivity index (χ0) is 23.2. The third kappa shape index (κ3) is 4.04. The lowest BCUT2D eigenvalue weighted by atomic mass is 9.83. The first-order valence-corrected chi connectivity index (χ1v) is 13.0. The van der Waals surface area contributed by atoms with E-state index in [4.69, 9.17) is 10.5 Å². The van der Waals surface area contributed by atoms with E-state index < -0.39 is 10.0 Å². The molecule has 7 heteroatoms. The third-order valence-electron chi connectivity index (χ3n) is 7.21. The Labute approximate surface area is 195 Å². The molecule has 2 heterocycles. The van der Waals surface area contributed by atoms with Gasteiger partial charge in [0.15, 0.2) is 0 Å². The number of phenols is 1. The van der Waals surface area contributed by atoms with Crippen molar-refractivity contribution in [2.75, 3.05) is 19.6 Å². The zero-order valence-electron chi connectivity index (χ0n) is 18.8. The van der Waals surface area contributed by atoms with Crippen molar-refractivity contribution in [2.24, 2.45) is 11.7 Å². The van der Waals surface area contributed by atoms with Gasteiger partial charge in [-0.05, 0) is 59.7 Å². The summed E-state index contributed by atoms with van der Waals surface area (Å²) < 4.78 is 34.5. The Kier molecular flexibility index (Phi) is 5.91. The molecule has 3 aromatic rings. The van der Waals surface area contributed by atoms with E-state index in [1.165, 1.54) is 0 Å². The molecule has 0 saturated carbocycles. The molecule has 33 heavy (non-hydrogen) atoms. The average molecular weight is 467 g/mol. The van der Waals surface area contributed by atoms with E-state index in [1.807, 2.05) is 49.4 Å². The number of sulfonamides is 1. The topological polar surface area (TPSA) is 92.9 Å². The summed E-state index contributed by atoms with van der Waals surface area (Å²) >= 11 is 0. The lowest BCUT2D eigenvalue weighted by molar-refractivity contribution is -0.0612. The average Bonchev–Trinajstić information content (AvgIpc) is 2.85. The zero-order valence-corrected chi connectivity index (χ0v) is 19.6. The molecule has 2 atom stereocenters. The normalized spacial score (nSPS) is 22.4. The molecule has 1 saturated heterocycles. The second-order valence-electron chi connectivity index (χ2n) is 9.15. The molecule has 2 aliphatic heterocycles. The monoisotopic (exact) mass is 466 g/mol. The van der Waals surface area contributed by atoms with Crippen molar-refractivity contribution in [1.29, 1.82) is 0 Å². The van der Waals surface area contributed by atoms with Crippen LogP contribution in [0.1, 0.15) is 35.6 Å². The van der Waals surface area contributed by atoms with Crippen LogP contribution in [-0.2, 0) is 21.2 Å². The molecule has 0 aliphatic carbocycles. The van der Waals surface area contributed by atoms with Gasteiger partial charge in [0.25, 0.3) is 0 Å². The number of nitrogens with two attached hydrogens (primary N) is 1. The van der Waals surface area contributed by atoms with E-state index >= 15 is 0 Å². The number of piperidine rings is 1. The predicted octanol–water partition coefficient (Wildman–Crippen LogP) is 3.90. The van der Waals surface area contributed by atoms with Crippen molar-refractivity contribution >= 4 is 20.8 Å². The van der Waals surface area contributed by atoms with Gasteiger partial charge in [0.1, 0.15) is 5.75 Å². The number of nitrogens with zero attached hydrogens (tertiary/aromatic N) is 1. The minimum Gasteiger partial charge on any atom is -0.507 e. The summed E-state index contributed by atoms with van der Waals surface area (Å²) in [5, 5.41) is 12.6. The molecule has 3 aromatic carbocycles. The molecular weight excluding hydrogens is 436 g/mol. The number of hydrogen-bond donors (Lipinski definition) is 2. The maximum absolute atomic E-state index is 13.3. The summed E-state index contributed by atoms with van der Waals surface area (Å²) in [5.41, 5.74) is 8.73. The van der Waals surface area contributed by atoms with Crippen LogP contribution in [0.5, 0.6) is 5.75 Å². The summed E-state index contributed by atoms with van der Waals surface area (Å²) in [4.78, 5) is 0.339. The van der Waals surface area contributed by atoms with Gasteiger partial charge in [0.2, 0.25) is 10.0 Å². The standard InChI is InChI=1S/C26H30N2O4S/c1-17-6-9-22-23(26(17)29)15-24(32-25(22)16-27)19-10-12-28(13-11-19)33(30,31)21-8-7-18-4-2-3-5-20(18)14-21/h2-9,14,19,24-25,29H,10-13,15-16,27H2,1H3/t24-,25-/m0/s1. The number of ether oxygens (including phenoxy) is 1. The molecule has 0 radical (unpaired) electrons. The maximum Gasteiger partial charge on any atom is 0.243 e. The van der Waals surface area contributed by atoms with E-state index in [0.29, 0.717) is 36.7 Å². The molecule has 3 N–H and O–H groups in total. The highest BCUT2D eigenvalue weighted by molar-refractivity contribution is 7.89. The molecule has 1 fully saturated rings. The van der Waals surface area contributed by atoms with Crippen LogP contribution >= 0.6 is 0 Å². The summed E-state index contributed by atoms with van der Waals surface area (Å²) in [6.07, 6.45) is 1.74. The van der Waals surface area contributed by atoms with Crippen molar-refractivity contribution in [3.8, 4) is 5.75 Å². The van der Waals surface area contributed by atoms with E-state index in [-0.39, 0.29) is 18.1 Å². The fraction of sp³-hybridized carbons (Fsp3) is 0.385. The number of benzene rings is 3. The minimum absolute atomic E-state index is 0.0794. The van der Waals surface area contributed by atoms with Crippen LogP contribution in [0.4, 0.5) is 0 Å². The van der Waals surface area contributed by atoms with Crippen molar-refractivity contribution in [3.05, 3.63) is 71.3 Å². The Balaban J connectivity index is 1.32. The van der Waals surface area contributed by atoms with Crippen molar-refractivity contribution in [1.82, 2.24) is 4.31 Å². The minimum atomic E-state index is -3.55. The SMILES string of the molecule is Cc1ccc2c(c1O)C[C@@H](C1CCN(S(=O)(=O)c3ccc4ccccc4c3)CC1)O[C@H]2CN. The van der Waals surface area contributed by atoms with Crippen LogP contribution in [0.3, 0.4) is 0 Å². The van der Waals surface area contributed by atoms with Gasteiger partial charge in [-0.3, -0.25) is 0 Å². The Hall–Kier alpha value is -2.45. The Morgan fingerprint density at radius 3 is 2.52 bits per heavy atom. The van der Waals surface area contributed by atoms with Gasteiger partial charge in [-0.2, -0.15) is 4.31 Å². The van der Waals surface area contributed by atoms with Crippen LogP contribution in [0.25, 0.3) is 10.8 Å². The third-order valence-corrected chi connectivity index (χ3v) is 9.10. The van der Waals surface area contributed by atoms with Gasteiger partial charge < -0.3 is 15.6 Å². The molecule has 0 aromatic heterocycles. The molecule has 2 aliphatic rings.